The van der Waals surface area contributed by atoms with Crippen molar-refractivity contribution >= 4 is 29.2 Å². The molecular formula is C37H53N3O5. The van der Waals surface area contributed by atoms with Crippen LogP contribution in [0.1, 0.15) is 106 Å². The van der Waals surface area contributed by atoms with Crippen molar-refractivity contribution < 1.29 is 23.9 Å². The summed E-state index contributed by atoms with van der Waals surface area (Å²) in [7, 11) is 0. The first-order chi connectivity index (χ1) is 20.9. The van der Waals surface area contributed by atoms with E-state index >= 15 is 0 Å². The number of hydrogen-bond donors (Lipinski definition) is 2. The van der Waals surface area contributed by atoms with Gasteiger partial charge < -0.3 is 20.1 Å². The van der Waals surface area contributed by atoms with Crippen molar-refractivity contribution in [1.82, 2.24) is 10.6 Å². The van der Waals surface area contributed by atoms with Gasteiger partial charge in [-0.25, -0.2) is 0 Å². The predicted molar refractivity (Wildman–Crippen MR) is 179 cm³/mol. The van der Waals surface area contributed by atoms with Gasteiger partial charge in [-0.1, -0.05) is 43.3 Å². The SMILES string of the molecule is CCC(=O)N(c1ccccc1CC(=O)OC1CC(C)(C)NC(C)(C)C1)c1ccccc1CC(=O)OC1CC(C)(C)NC(C)(C)C1. The Labute approximate surface area is 269 Å². The van der Waals surface area contributed by atoms with Gasteiger partial charge in [0.1, 0.15) is 12.2 Å². The molecule has 0 spiro atoms. The number of nitrogens with one attached hydrogen (secondary N) is 2. The number of carbonyl (C=O) groups excluding carboxylic acids is 3. The largest absolute Gasteiger partial charge is 0.462 e. The monoisotopic (exact) mass is 619 g/mol. The third-order valence-corrected chi connectivity index (χ3v) is 8.59. The summed E-state index contributed by atoms with van der Waals surface area (Å²) < 4.78 is 12.0. The van der Waals surface area contributed by atoms with Crippen LogP contribution >= 0.6 is 0 Å². The van der Waals surface area contributed by atoms with Gasteiger partial charge in [-0.05, 0) is 78.6 Å². The van der Waals surface area contributed by atoms with Crippen molar-refractivity contribution in [3.05, 3.63) is 59.7 Å². The lowest BCUT2D eigenvalue weighted by molar-refractivity contribution is -0.153. The summed E-state index contributed by atoms with van der Waals surface area (Å²) in [5.74, 6) is -0.788. The zero-order chi connectivity index (χ0) is 33.2. The highest BCUT2D eigenvalue weighted by molar-refractivity contribution is 6.02. The minimum absolute atomic E-state index is 0.0277. The molecule has 2 aliphatic heterocycles. The zero-order valence-electron chi connectivity index (χ0n) is 28.7. The highest BCUT2D eigenvalue weighted by Gasteiger charge is 2.40. The molecule has 1 amide bonds. The maximum atomic E-state index is 13.6. The van der Waals surface area contributed by atoms with Gasteiger partial charge in [-0.15, -0.1) is 0 Å². The summed E-state index contributed by atoms with van der Waals surface area (Å²) in [6, 6.07) is 14.9. The molecule has 2 aromatic rings. The van der Waals surface area contributed by atoms with Crippen LogP contribution in [0.2, 0.25) is 0 Å². The quantitative estimate of drug-likeness (QED) is 0.307. The van der Waals surface area contributed by atoms with Crippen molar-refractivity contribution in [3.8, 4) is 0 Å². The van der Waals surface area contributed by atoms with Gasteiger partial charge in [0.25, 0.3) is 0 Å². The number of hydrogen-bond acceptors (Lipinski definition) is 7. The Balaban J connectivity index is 1.56. The molecule has 0 saturated carbocycles. The van der Waals surface area contributed by atoms with Gasteiger partial charge in [0.15, 0.2) is 0 Å². The number of piperidine rings is 2. The molecule has 2 N–H and O–H groups in total. The van der Waals surface area contributed by atoms with Crippen molar-refractivity contribution in [2.75, 3.05) is 4.90 Å². The standard InChI is InChI=1S/C37H53N3O5/c1-10-31(41)40(29-17-13-11-15-25(29)19-32(42)44-27-21-34(2,3)38-35(4,5)22-27)30-18-14-12-16-26(30)20-33(43)45-28-23-36(6,7)39-37(8,9)24-28/h11-18,27-28,38-39H,10,19-24H2,1-9H3. The lowest BCUT2D eigenvalue weighted by Gasteiger charge is -2.45. The van der Waals surface area contributed by atoms with Crippen molar-refractivity contribution in [1.29, 1.82) is 0 Å². The molecule has 2 heterocycles. The van der Waals surface area contributed by atoms with Gasteiger partial charge in [0, 0.05) is 54.3 Å². The third kappa shape index (κ3) is 9.39. The van der Waals surface area contributed by atoms with Crippen LogP contribution < -0.4 is 15.5 Å². The van der Waals surface area contributed by atoms with E-state index in [-0.39, 0.29) is 71.5 Å². The molecule has 2 saturated heterocycles. The molecule has 45 heavy (non-hydrogen) atoms. The summed E-state index contributed by atoms with van der Waals surface area (Å²) in [6.07, 6.45) is 2.79. The molecule has 2 fully saturated rings. The molecule has 4 rings (SSSR count). The maximum absolute atomic E-state index is 13.6. The Hall–Kier alpha value is -3.23. The van der Waals surface area contributed by atoms with Crippen LogP contribution in [-0.4, -0.2) is 52.2 Å². The molecule has 0 unspecified atom stereocenters. The second-order valence-electron chi connectivity index (χ2n) is 15.5. The molecule has 0 aromatic heterocycles. The van der Waals surface area contributed by atoms with E-state index < -0.39 is 0 Å². The van der Waals surface area contributed by atoms with Gasteiger partial charge in [0.2, 0.25) is 5.91 Å². The van der Waals surface area contributed by atoms with E-state index in [1.54, 1.807) is 4.90 Å². The minimum atomic E-state index is -0.325. The van der Waals surface area contributed by atoms with E-state index in [9.17, 15) is 14.4 Å². The average Bonchev–Trinajstić information content (AvgIpc) is 2.86. The number of carbonyl (C=O) groups is 3. The number of ether oxygens (including phenoxy) is 2. The third-order valence-electron chi connectivity index (χ3n) is 8.59. The highest BCUT2D eigenvalue weighted by atomic mass is 16.5. The summed E-state index contributed by atoms with van der Waals surface area (Å²) in [6.45, 7) is 18.8. The van der Waals surface area contributed by atoms with Crippen LogP contribution in [0, 0.1) is 0 Å². The molecule has 0 bridgehead atoms. The molecular weight excluding hydrogens is 566 g/mol. The minimum Gasteiger partial charge on any atom is -0.462 e. The van der Waals surface area contributed by atoms with Gasteiger partial charge in [-0.3, -0.25) is 19.3 Å². The molecule has 2 aromatic carbocycles. The number of amides is 1. The van der Waals surface area contributed by atoms with Crippen LogP contribution in [-0.2, 0) is 36.7 Å². The molecule has 246 valence electrons. The molecule has 0 atom stereocenters. The summed E-state index contributed by atoms with van der Waals surface area (Å²) >= 11 is 0. The molecule has 0 aliphatic carbocycles. The summed E-state index contributed by atoms with van der Waals surface area (Å²) in [5, 5.41) is 7.25. The fourth-order valence-electron chi connectivity index (χ4n) is 7.70. The topological polar surface area (TPSA) is 97.0 Å². The summed E-state index contributed by atoms with van der Waals surface area (Å²) in [5.41, 5.74) is 1.98. The number of esters is 2. The van der Waals surface area contributed by atoms with Crippen molar-refractivity contribution in [2.45, 2.75) is 142 Å². The van der Waals surface area contributed by atoms with Crippen LogP contribution in [0.25, 0.3) is 0 Å². The van der Waals surface area contributed by atoms with E-state index in [1.165, 1.54) is 0 Å². The van der Waals surface area contributed by atoms with Crippen LogP contribution in [0.3, 0.4) is 0 Å². The van der Waals surface area contributed by atoms with E-state index in [1.807, 2.05) is 55.5 Å². The molecule has 2 aliphatic rings. The summed E-state index contributed by atoms with van der Waals surface area (Å²) in [4.78, 5) is 41.9. The Kier molecular flexibility index (Phi) is 10.2. The Bertz CT molecular complexity index is 1270. The first-order valence-electron chi connectivity index (χ1n) is 16.3. The lowest BCUT2D eigenvalue weighted by atomic mass is 9.81. The Morgan fingerprint density at radius 2 is 0.978 bits per heavy atom. The lowest BCUT2D eigenvalue weighted by Crippen LogP contribution is -2.59. The van der Waals surface area contributed by atoms with Gasteiger partial charge >= 0.3 is 11.9 Å². The van der Waals surface area contributed by atoms with Crippen molar-refractivity contribution in [3.63, 3.8) is 0 Å². The fraction of sp³-hybridized carbons (Fsp3) is 0.595. The van der Waals surface area contributed by atoms with Gasteiger partial charge in [-0.2, -0.15) is 0 Å². The Morgan fingerprint density at radius 3 is 1.31 bits per heavy atom. The van der Waals surface area contributed by atoms with Crippen LogP contribution in [0.4, 0.5) is 11.4 Å². The van der Waals surface area contributed by atoms with Crippen LogP contribution in [0.15, 0.2) is 48.5 Å². The normalized spacial score (nSPS) is 20.6. The van der Waals surface area contributed by atoms with Gasteiger partial charge in [0.05, 0.1) is 24.2 Å². The smallest absolute Gasteiger partial charge is 0.310 e. The second kappa shape index (κ2) is 13.2. The second-order valence-corrected chi connectivity index (χ2v) is 15.5. The number of para-hydroxylation sites is 2. The number of benzene rings is 2. The molecule has 8 nitrogen and oxygen atoms in total. The first kappa shape index (κ1) is 34.6. The maximum Gasteiger partial charge on any atom is 0.310 e. The average molecular weight is 620 g/mol. The predicted octanol–water partition coefficient (Wildman–Crippen LogP) is 6.55. The number of rotatable bonds is 9. The first-order valence-corrected chi connectivity index (χ1v) is 16.3. The number of anilines is 2. The zero-order valence-corrected chi connectivity index (χ0v) is 28.7. The Morgan fingerprint density at radius 1 is 0.644 bits per heavy atom. The van der Waals surface area contributed by atoms with E-state index in [2.05, 4.69) is 66.0 Å². The van der Waals surface area contributed by atoms with Crippen molar-refractivity contribution in [2.24, 2.45) is 0 Å². The van der Waals surface area contributed by atoms with E-state index in [4.69, 9.17) is 9.47 Å². The van der Waals surface area contributed by atoms with E-state index in [0.29, 0.717) is 22.5 Å². The molecule has 0 radical (unpaired) electrons. The van der Waals surface area contributed by atoms with E-state index in [0.717, 1.165) is 25.7 Å². The fourth-order valence-corrected chi connectivity index (χ4v) is 7.70. The highest BCUT2D eigenvalue weighted by Crippen LogP contribution is 2.35. The molecule has 8 heteroatoms. The van der Waals surface area contributed by atoms with Crippen LogP contribution in [0.5, 0.6) is 0 Å². The number of nitrogens with zero attached hydrogens (tertiary/aromatic N) is 1.